The smallest absolute Gasteiger partial charge is 0.328 e. The maximum Gasteiger partial charge on any atom is 0.328 e. The maximum atomic E-state index is 10.4. The highest BCUT2D eigenvalue weighted by Crippen LogP contribution is 2.32. The van der Waals surface area contributed by atoms with Gasteiger partial charge in [-0.3, -0.25) is 0 Å². The van der Waals surface area contributed by atoms with Crippen LogP contribution in [0.2, 0.25) is 5.02 Å². The van der Waals surface area contributed by atoms with Gasteiger partial charge in [0.25, 0.3) is 0 Å². The highest BCUT2D eigenvalue weighted by molar-refractivity contribution is 7.16. The predicted octanol–water partition coefficient (Wildman–Crippen LogP) is 4.47. The van der Waals surface area contributed by atoms with Crippen molar-refractivity contribution >= 4 is 35.0 Å². The molecule has 0 saturated carbocycles. The molecule has 0 aliphatic rings. The number of rotatable bonds is 3. The number of hydrogen-bond acceptors (Lipinski definition) is 2. The summed E-state index contributed by atoms with van der Waals surface area (Å²) in [7, 11) is 0. The minimum atomic E-state index is -0.941. The van der Waals surface area contributed by atoms with E-state index in [2.05, 4.69) is 0 Å². The van der Waals surface area contributed by atoms with Gasteiger partial charge in [-0.05, 0) is 48.4 Å². The van der Waals surface area contributed by atoms with Gasteiger partial charge in [0.15, 0.2) is 0 Å². The molecule has 1 heterocycles. The minimum absolute atomic E-state index is 0.701. The molecule has 0 spiro atoms. The van der Waals surface area contributed by atoms with E-state index in [4.69, 9.17) is 16.7 Å². The van der Waals surface area contributed by atoms with Crippen molar-refractivity contribution in [3.05, 3.63) is 51.9 Å². The zero-order chi connectivity index (χ0) is 13.1. The average molecular weight is 279 g/mol. The van der Waals surface area contributed by atoms with Crippen LogP contribution in [0.3, 0.4) is 0 Å². The van der Waals surface area contributed by atoms with E-state index in [1.165, 1.54) is 0 Å². The molecule has 1 aromatic carbocycles. The van der Waals surface area contributed by atoms with Crippen LogP contribution in [0.5, 0.6) is 0 Å². The molecule has 0 atom stereocenters. The van der Waals surface area contributed by atoms with Gasteiger partial charge in [0.05, 0.1) is 0 Å². The summed E-state index contributed by atoms with van der Waals surface area (Å²) in [6.07, 6.45) is 2.73. The van der Waals surface area contributed by atoms with Crippen LogP contribution < -0.4 is 0 Å². The van der Waals surface area contributed by atoms with Crippen molar-refractivity contribution in [1.82, 2.24) is 0 Å². The van der Waals surface area contributed by atoms with Crippen LogP contribution in [-0.2, 0) is 4.79 Å². The lowest BCUT2D eigenvalue weighted by Crippen LogP contribution is -1.84. The zero-order valence-corrected chi connectivity index (χ0v) is 11.3. The van der Waals surface area contributed by atoms with E-state index in [1.54, 1.807) is 17.4 Å². The highest BCUT2D eigenvalue weighted by Gasteiger charge is 2.05. The Morgan fingerprint density at radius 2 is 2.11 bits per heavy atom. The van der Waals surface area contributed by atoms with Gasteiger partial charge in [-0.1, -0.05) is 17.7 Å². The third-order valence-corrected chi connectivity index (χ3v) is 3.80. The maximum absolute atomic E-state index is 10.4. The molecular formula is C14H11ClO2S. The van der Waals surface area contributed by atoms with Crippen LogP contribution in [-0.4, -0.2) is 11.1 Å². The van der Waals surface area contributed by atoms with E-state index in [0.29, 0.717) is 5.02 Å². The van der Waals surface area contributed by atoms with Gasteiger partial charge in [-0.25, -0.2) is 4.79 Å². The van der Waals surface area contributed by atoms with Crippen LogP contribution in [0.4, 0.5) is 0 Å². The molecule has 0 aliphatic heterocycles. The van der Waals surface area contributed by atoms with E-state index in [9.17, 15) is 4.79 Å². The van der Waals surface area contributed by atoms with E-state index >= 15 is 0 Å². The van der Waals surface area contributed by atoms with E-state index in [0.717, 1.165) is 27.0 Å². The summed E-state index contributed by atoms with van der Waals surface area (Å²) in [5, 5.41) is 9.28. The Morgan fingerprint density at radius 1 is 1.33 bits per heavy atom. The Hall–Kier alpha value is -1.58. The summed E-state index contributed by atoms with van der Waals surface area (Å²) in [6, 6.07) is 9.64. The minimum Gasteiger partial charge on any atom is -0.478 e. The number of benzene rings is 1. The summed E-state index contributed by atoms with van der Waals surface area (Å²) >= 11 is 7.53. The Labute approximate surface area is 114 Å². The number of carboxylic acids is 1. The number of thiophene rings is 1. The summed E-state index contributed by atoms with van der Waals surface area (Å²) in [5.74, 6) is -0.941. The molecule has 4 heteroatoms. The first kappa shape index (κ1) is 12.9. The van der Waals surface area contributed by atoms with Gasteiger partial charge in [0, 0.05) is 20.9 Å². The molecule has 0 amide bonds. The van der Waals surface area contributed by atoms with Crippen LogP contribution >= 0.6 is 22.9 Å². The van der Waals surface area contributed by atoms with Crippen molar-refractivity contribution in [2.45, 2.75) is 6.92 Å². The number of hydrogen-bond donors (Lipinski definition) is 1. The summed E-state index contributed by atoms with van der Waals surface area (Å²) in [5.41, 5.74) is 2.23. The molecule has 0 aliphatic carbocycles. The van der Waals surface area contributed by atoms with Crippen molar-refractivity contribution in [2.24, 2.45) is 0 Å². The second kappa shape index (κ2) is 5.38. The van der Waals surface area contributed by atoms with E-state index in [1.807, 2.05) is 37.3 Å². The molecule has 92 valence electrons. The second-order valence-corrected chi connectivity index (χ2v) is 5.38. The third kappa shape index (κ3) is 3.00. The third-order valence-electron chi connectivity index (χ3n) is 2.48. The Morgan fingerprint density at radius 3 is 2.83 bits per heavy atom. The fourth-order valence-electron chi connectivity index (χ4n) is 1.60. The topological polar surface area (TPSA) is 37.3 Å². The van der Waals surface area contributed by atoms with Crippen molar-refractivity contribution in [3.63, 3.8) is 0 Å². The first-order valence-corrected chi connectivity index (χ1v) is 6.53. The molecule has 2 rings (SSSR count). The average Bonchev–Trinajstić information content (AvgIpc) is 2.78. The van der Waals surface area contributed by atoms with Crippen molar-refractivity contribution in [1.29, 1.82) is 0 Å². The molecule has 0 saturated heterocycles. The molecule has 2 aromatic rings. The first-order chi connectivity index (χ1) is 8.56. The molecule has 2 nitrogen and oxygen atoms in total. The first-order valence-electron chi connectivity index (χ1n) is 5.33. The molecule has 0 radical (unpaired) electrons. The number of halogens is 1. The second-order valence-electron chi connectivity index (χ2n) is 3.83. The van der Waals surface area contributed by atoms with Crippen LogP contribution in [0.1, 0.15) is 10.4 Å². The van der Waals surface area contributed by atoms with Gasteiger partial charge < -0.3 is 5.11 Å². The normalized spacial score (nSPS) is 11.0. The molecular weight excluding hydrogens is 268 g/mol. The lowest BCUT2D eigenvalue weighted by Gasteiger charge is -2.03. The lowest BCUT2D eigenvalue weighted by molar-refractivity contribution is -0.131. The number of carbonyl (C=O) groups is 1. The molecule has 0 bridgehead atoms. The van der Waals surface area contributed by atoms with Crippen molar-refractivity contribution < 1.29 is 9.90 Å². The SMILES string of the molecule is Cc1ccc(Cl)cc1-c1ccc(/C=C/C(=O)O)s1. The largest absolute Gasteiger partial charge is 0.478 e. The Bertz CT molecular complexity index is 614. The molecule has 18 heavy (non-hydrogen) atoms. The van der Waals surface area contributed by atoms with Gasteiger partial charge >= 0.3 is 5.97 Å². The van der Waals surface area contributed by atoms with Gasteiger partial charge in [-0.2, -0.15) is 0 Å². The number of aryl methyl sites for hydroxylation is 1. The summed E-state index contributed by atoms with van der Waals surface area (Å²) < 4.78 is 0. The molecule has 0 fully saturated rings. The van der Waals surface area contributed by atoms with Crippen LogP contribution in [0.15, 0.2) is 36.4 Å². The molecule has 1 N–H and O–H groups in total. The predicted molar refractivity (Wildman–Crippen MR) is 76.2 cm³/mol. The Kier molecular flexibility index (Phi) is 3.84. The van der Waals surface area contributed by atoms with Crippen molar-refractivity contribution in [2.75, 3.05) is 0 Å². The number of aliphatic carboxylic acids is 1. The quantitative estimate of drug-likeness (QED) is 0.841. The van der Waals surface area contributed by atoms with Crippen molar-refractivity contribution in [3.8, 4) is 10.4 Å². The molecule has 1 aromatic heterocycles. The van der Waals surface area contributed by atoms with Crippen LogP contribution in [0.25, 0.3) is 16.5 Å². The monoisotopic (exact) mass is 278 g/mol. The highest BCUT2D eigenvalue weighted by atomic mass is 35.5. The fraction of sp³-hybridized carbons (Fsp3) is 0.0714. The molecule has 0 unspecified atom stereocenters. The van der Waals surface area contributed by atoms with E-state index < -0.39 is 5.97 Å². The van der Waals surface area contributed by atoms with Gasteiger partial charge in [0.1, 0.15) is 0 Å². The fourth-order valence-corrected chi connectivity index (χ4v) is 2.76. The Balaban J connectivity index is 2.35. The zero-order valence-electron chi connectivity index (χ0n) is 9.68. The standard InChI is InChI=1S/C14H11ClO2S/c1-9-2-3-10(15)8-12(9)13-6-4-11(18-13)5-7-14(16)17/h2-8H,1H3,(H,16,17)/b7-5+. The summed E-state index contributed by atoms with van der Waals surface area (Å²) in [6.45, 7) is 2.03. The lowest BCUT2D eigenvalue weighted by atomic mass is 10.1. The van der Waals surface area contributed by atoms with Crippen LogP contribution in [0, 0.1) is 6.92 Å². The summed E-state index contributed by atoms with van der Waals surface area (Å²) in [4.78, 5) is 12.4. The van der Waals surface area contributed by atoms with Gasteiger partial charge in [-0.15, -0.1) is 11.3 Å². The van der Waals surface area contributed by atoms with E-state index in [-0.39, 0.29) is 0 Å². The van der Waals surface area contributed by atoms with Gasteiger partial charge in [0.2, 0.25) is 0 Å². The number of carboxylic acid groups (broad SMARTS) is 1.